The highest BCUT2D eigenvalue weighted by atomic mass is 19.3. The van der Waals surface area contributed by atoms with Gasteiger partial charge >= 0.3 is 6.11 Å². The summed E-state index contributed by atoms with van der Waals surface area (Å²) >= 11 is 0. The maximum atomic E-state index is 15.0. The van der Waals surface area contributed by atoms with Gasteiger partial charge in [0, 0.05) is 0 Å². The van der Waals surface area contributed by atoms with E-state index in [-0.39, 0.29) is 11.5 Å². The summed E-state index contributed by atoms with van der Waals surface area (Å²) in [6.45, 7) is 4.18. The molecule has 0 saturated carbocycles. The number of ether oxygens (including phenoxy) is 2. The van der Waals surface area contributed by atoms with Crippen LogP contribution in [-0.4, -0.2) is 0 Å². The van der Waals surface area contributed by atoms with Gasteiger partial charge in [0.15, 0.2) is 11.6 Å². The van der Waals surface area contributed by atoms with Crippen LogP contribution in [0.4, 0.5) is 17.6 Å². The SMILES string of the molecule is CCCCCCCCCCc1ccc(OC(F)(F)c2c(F)ccc(Oc3ccc(CC)cc3)c2F)cc1. The zero-order valence-electron chi connectivity index (χ0n) is 21.7. The van der Waals surface area contributed by atoms with E-state index in [9.17, 15) is 17.6 Å². The Morgan fingerprint density at radius 2 is 1.22 bits per heavy atom. The Labute approximate surface area is 217 Å². The van der Waals surface area contributed by atoms with Gasteiger partial charge in [-0.05, 0) is 66.8 Å². The van der Waals surface area contributed by atoms with Gasteiger partial charge in [-0.1, -0.05) is 83.1 Å². The van der Waals surface area contributed by atoms with Gasteiger partial charge in [-0.15, -0.1) is 0 Å². The molecule has 3 aromatic carbocycles. The molecular formula is C31H36F4O2. The van der Waals surface area contributed by atoms with Crippen molar-refractivity contribution in [1.82, 2.24) is 0 Å². The van der Waals surface area contributed by atoms with Gasteiger partial charge in [-0.3, -0.25) is 0 Å². The number of benzene rings is 3. The van der Waals surface area contributed by atoms with Crippen molar-refractivity contribution in [2.45, 2.75) is 84.2 Å². The molecule has 6 heteroatoms. The van der Waals surface area contributed by atoms with Crippen molar-refractivity contribution in [2.75, 3.05) is 0 Å². The third-order valence-electron chi connectivity index (χ3n) is 6.39. The standard InChI is InChI=1S/C31H36F4O2/c1-3-5-6-7-8-9-10-11-12-24-15-19-26(20-16-24)37-31(34,35)29-27(32)21-22-28(30(29)33)36-25-17-13-23(4-2)14-18-25/h13-22H,3-12H2,1-2H3. The van der Waals surface area contributed by atoms with Crippen LogP contribution < -0.4 is 9.47 Å². The monoisotopic (exact) mass is 516 g/mol. The van der Waals surface area contributed by atoms with E-state index >= 15 is 0 Å². The lowest BCUT2D eigenvalue weighted by atomic mass is 10.0. The number of halogens is 4. The first-order valence-electron chi connectivity index (χ1n) is 13.2. The molecule has 37 heavy (non-hydrogen) atoms. The van der Waals surface area contributed by atoms with Gasteiger partial charge in [0.05, 0.1) is 0 Å². The van der Waals surface area contributed by atoms with Crippen molar-refractivity contribution in [3.63, 3.8) is 0 Å². The normalized spacial score (nSPS) is 11.5. The van der Waals surface area contributed by atoms with Crippen LogP contribution in [0, 0.1) is 11.6 Å². The van der Waals surface area contributed by atoms with E-state index in [1.807, 2.05) is 6.92 Å². The second-order valence-electron chi connectivity index (χ2n) is 9.32. The van der Waals surface area contributed by atoms with Crippen molar-refractivity contribution in [3.05, 3.63) is 89.0 Å². The van der Waals surface area contributed by atoms with Crippen LogP contribution in [0.15, 0.2) is 60.7 Å². The Morgan fingerprint density at radius 3 is 1.84 bits per heavy atom. The van der Waals surface area contributed by atoms with E-state index in [0.717, 1.165) is 48.9 Å². The maximum absolute atomic E-state index is 15.0. The Balaban J connectivity index is 1.60. The van der Waals surface area contributed by atoms with Crippen molar-refractivity contribution in [3.8, 4) is 17.2 Å². The first kappa shape index (κ1) is 28.5. The van der Waals surface area contributed by atoms with Crippen molar-refractivity contribution < 1.29 is 27.0 Å². The van der Waals surface area contributed by atoms with Gasteiger partial charge in [0.25, 0.3) is 0 Å². The van der Waals surface area contributed by atoms with E-state index in [4.69, 9.17) is 9.47 Å². The molecule has 0 unspecified atom stereocenters. The Hall–Kier alpha value is -3.02. The smallest absolute Gasteiger partial charge is 0.432 e. The quantitative estimate of drug-likeness (QED) is 0.148. The largest absolute Gasteiger partial charge is 0.454 e. The molecule has 0 aliphatic heterocycles. The molecule has 0 N–H and O–H groups in total. The Morgan fingerprint density at radius 1 is 0.649 bits per heavy atom. The summed E-state index contributed by atoms with van der Waals surface area (Å²) < 4.78 is 69.4. The Bertz CT molecular complexity index is 1100. The summed E-state index contributed by atoms with van der Waals surface area (Å²) in [5.41, 5.74) is 0.554. The zero-order chi connectivity index (χ0) is 26.7. The fourth-order valence-electron chi connectivity index (χ4n) is 4.19. The van der Waals surface area contributed by atoms with Crippen LogP contribution in [-0.2, 0) is 19.0 Å². The van der Waals surface area contributed by atoms with Crippen LogP contribution in [0.1, 0.15) is 81.9 Å². The molecule has 0 spiro atoms. The lowest BCUT2D eigenvalue weighted by Crippen LogP contribution is -2.25. The van der Waals surface area contributed by atoms with Crippen molar-refractivity contribution >= 4 is 0 Å². The number of rotatable bonds is 15. The molecule has 3 aromatic rings. The van der Waals surface area contributed by atoms with E-state index in [1.165, 1.54) is 50.7 Å². The molecule has 0 aliphatic rings. The Kier molecular flexibility index (Phi) is 10.8. The van der Waals surface area contributed by atoms with Crippen molar-refractivity contribution in [2.24, 2.45) is 0 Å². The molecule has 0 aromatic heterocycles. The molecule has 2 nitrogen and oxygen atoms in total. The zero-order valence-corrected chi connectivity index (χ0v) is 21.7. The lowest BCUT2D eigenvalue weighted by molar-refractivity contribution is -0.189. The molecule has 0 heterocycles. The average Bonchev–Trinajstić information content (AvgIpc) is 2.88. The summed E-state index contributed by atoms with van der Waals surface area (Å²) in [5.74, 6) is -3.35. The highest BCUT2D eigenvalue weighted by Gasteiger charge is 2.42. The first-order chi connectivity index (χ1) is 17.8. The maximum Gasteiger partial charge on any atom is 0.432 e. The molecule has 200 valence electrons. The fraction of sp³-hybridized carbons (Fsp3) is 0.419. The van der Waals surface area contributed by atoms with Crippen LogP contribution >= 0.6 is 0 Å². The number of aryl methyl sites for hydroxylation is 2. The van der Waals surface area contributed by atoms with Gasteiger partial charge in [-0.2, -0.15) is 8.78 Å². The van der Waals surface area contributed by atoms with Gasteiger partial charge < -0.3 is 9.47 Å². The van der Waals surface area contributed by atoms with Crippen LogP contribution in [0.25, 0.3) is 0 Å². The number of alkyl halides is 2. The first-order valence-corrected chi connectivity index (χ1v) is 13.2. The second kappa shape index (κ2) is 14.1. The van der Waals surface area contributed by atoms with Crippen LogP contribution in [0.5, 0.6) is 17.2 Å². The summed E-state index contributed by atoms with van der Waals surface area (Å²) in [5, 5.41) is 0. The molecule has 0 radical (unpaired) electrons. The van der Waals surface area contributed by atoms with E-state index < -0.39 is 29.1 Å². The molecular weight excluding hydrogens is 480 g/mol. The predicted molar refractivity (Wildman–Crippen MR) is 140 cm³/mol. The molecule has 0 saturated heterocycles. The van der Waals surface area contributed by atoms with E-state index in [1.54, 1.807) is 36.4 Å². The van der Waals surface area contributed by atoms with Gasteiger partial charge in [0.2, 0.25) is 0 Å². The molecule has 3 rings (SSSR count). The number of hydrogen-bond acceptors (Lipinski definition) is 2. The van der Waals surface area contributed by atoms with E-state index in [2.05, 4.69) is 6.92 Å². The number of hydrogen-bond donors (Lipinski definition) is 0. The number of unbranched alkanes of at least 4 members (excludes halogenated alkanes) is 7. The molecule has 0 atom stereocenters. The minimum absolute atomic E-state index is 0.176. The third kappa shape index (κ3) is 8.51. The molecule has 0 fully saturated rings. The lowest BCUT2D eigenvalue weighted by Gasteiger charge is -2.20. The average molecular weight is 517 g/mol. The summed E-state index contributed by atoms with van der Waals surface area (Å²) in [7, 11) is 0. The third-order valence-corrected chi connectivity index (χ3v) is 6.39. The van der Waals surface area contributed by atoms with Gasteiger partial charge in [0.1, 0.15) is 22.9 Å². The minimum atomic E-state index is -4.24. The highest BCUT2D eigenvalue weighted by molar-refractivity contribution is 5.39. The highest BCUT2D eigenvalue weighted by Crippen LogP contribution is 2.39. The summed E-state index contributed by atoms with van der Waals surface area (Å²) in [4.78, 5) is 0. The summed E-state index contributed by atoms with van der Waals surface area (Å²) in [6, 6.07) is 14.7. The molecule has 0 bridgehead atoms. The molecule has 0 aliphatic carbocycles. The van der Waals surface area contributed by atoms with Crippen molar-refractivity contribution in [1.29, 1.82) is 0 Å². The van der Waals surface area contributed by atoms with Crippen LogP contribution in [0.2, 0.25) is 0 Å². The minimum Gasteiger partial charge on any atom is -0.454 e. The topological polar surface area (TPSA) is 18.5 Å². The molecule has 0 amide bonds. The van der Waals surface area contributed by atoms with Crippen LogP contribution in [0.3, 0.4) is 0 Å². The van der Waals surface area contributed by atoms with Gasteiger partial charge in [-0.25, -0.2) is 8.78 Å². The summed E-state index contributed by atoms with van der Waals surface area (Å²) in [6.07, 6.45) is 7.09. The fourth-order valence-corrected chi connectivity index (χ4v) is 4.19. The predicted octanol–water partition coefficient (Wildman–Crippen LogP) is 10.1. The second-order valence-corrected chi connectivity index (χ2v) is 9.32. The van der Waals surface area contributed by atoms with E-state index in [0.29, 0.717) is 0 Å².